The number of carbonyl (C=O) groups excluding carboxylic acids is 3. The molecular weight excluding hydrogens is 518 g/mol. The normalized spacial score (nSPS) is 13.7. The van der Waals surface area contributed by atoms with Crippen LogP contribution < -0.4 is 10.6 Å². The topological polar surface area (TPSA) is 108 Å². The predicted molar refractivity (Wildman–Crippen MR) is 159 cm³/mol. The second-order valence-electron chi connectivity index (χ2n) is 10.2. The quantitative estimate of drug-likeness (QED) is 0.233. The van der Waals surface area contributed by atoms with E-state index in [0.29, 0.717) is 19.4 Å². The average molecular weight is 560 g/mol. The van der Waals surface area contributed by atoms with Gasteiger partial charge in [-0.2, -0.15) is 0 Å². The molecule has 3 amide bonds. The lowest BCUT2D eigenvalue weighted by Crippen LogP contribution is -2.54. The fourth-order valence-electron chi connectivity index (χ4n) is 4.40. The van der Waals surface area contributed by atoms with Crippen LogP contribution in [0.15, 0.2) is 91.0 Å². The molecule has 3 aromatic rings. The number of aliphatic hydroxyl groups excluding tert-OH is 1. The molecule has 8 nitrogen and oxygen atoms in total. The summed E-state index contributed by atoms with van der Waals surface area (Å²) >= 11 is 0. The van der Waals surface area contributed by atoms with Crippen LogP contribution in [-0.2, 0) is 29.0 Å². The Morgan fingerprint density at radius 3 is 2.00 bits per heavy atom. The van der Waals surface area contributed by atoms with Crippen molar-refractivity contribution in [3.05, 3.63) is 108 Å². The van der Waals surface area contributed by atoms with E-state index in [0.717, 1.165) is 29.4 Å². The van der Waals surface area contributed by atoms with Gasteiger partial charge in [-0.25, -0.2) is 9.59 Å². The van der Waals surface area contributed by atoms with E-state index in [2.05, 4.69) is 10.6 Å². The number of urea groups is 1. The van der Waals surface area contributed by atoms with Gasteiger partial charge in [0.1, 0.15) is 12.9 Å². The number of alkyl carbamates (subject to hydrolysis) is 1. The summed E-state index contributed by atoms with van der Waals surface area (Å²) in [4.78, 5) is 39.4. The van der Waals surface area contributed by atoms with E-state index in [-0.39, 0.29) is 19.1 Å². The smallest absolute Gasteiger partial charge is 0.407 e. The summed E-state index contributed by atoms with van der Waals surface area (Å²) in [6.07, 6.45) is 0.600. The largest absolute Gasteiger partial charge is 0.445 e. The van der Waals surface area contributed by atoms with Crippen LogP contribution in [0.1, 0.15) is 37.0 Å². The van der Waals surface area contributed by atoms with Crippen molar-refractivity contribution in [1.29, 1.82) is 0 Å². The maximum Gasteiger partial charge on any atom is 0.407 e. The maximum absolute atomic E-state index is 13.4. The molecule has 0 aromatic heterocycles. The first kappa shape index (κ1) is 31.4. The third-order valence-electron chi connectivity index (χ3n) is 7.18. The lowest BCUT2D eigenvalue weighted by molar-refractivity contribution is -0.110. The van der Waals surface area contributed by atoms with Gasteiger partial charge in [-0.1, -0.05) is 111 Å². The van der Waals surface area contributed by atoms with Crippen molar-refractivity contribution in [1.82, 2.24) is 15.5 Å². The number of rotatable bonds is 15. The molecule has 0 aliphatic heterocycles. The summed E-state index contributed by atoms with van der Waals surface area (Å²) < 4.78 is 5.42. The summed E-state index contributed by atoms with van der Waals surface area (Å²) in [6.45, 7) is 4.22. The monoisotopic (exact) mass is 559 g/mol. The highest BCUT2D eigenvalue weighted by Crippen LogP contribution is 2.12. The van der Waals surface area contributed by atoms with Gasteiger partial charge >= 0.3 is 12.1 Å². The Hall–Kier alpha value is -4.17. The zero-order valence-electron chi connectivity index (χ0n) is 23.8. The molecule has 0 heterocycles. The molecular formula is C33H41N3O5. The van der Waals surface area contributed by atoms with Crippen molar-refractivity contribution in [3.8, 4) is 0 Å². The SMILES string of the molecule is CC[C@H](C)[C@@H](C=O)NC(=O)N(CCc1ccccc1)CC(O)C(Cc1ccccc1)NC(=O)OCc1ccccc1. The van der Waals surface area contributed by atoms with E-state index >= 15 is 0 Å². The molecule has 0 fully saturated rings. The van der Waals surface area contributed by atoms with Gasteiger partial charge in [0.05, 0.1) is 24.7 Å². The molecule has 3 rings (SSSR count). The lowest BCUT2D eigenvalue weighted by atomic mass is 10.00. The Bertz CT molecular complexity index is 1190. The van der Waals surface area contributed by atoms with E-state index in [1.54, 1.807) is 0 Å². The number of nitrogens with zero attached hydrogens (tertiary/aromatic N) is 1. The van der Waals surface area contributed by atoms with E-state index in [9.17, 15) is 19.5 Å². The van der Waals surface area contributed by atoms with Crippen molar-refractivity contribution in [2.75, 3.05) is 13.1 Å². The number of carbonyl (C=O) groups is 3. The molecule has 0 saturated carbocycles. The van der Waals surface area contributed by atoms with Gasteiger partial charge in [-0.15, -0.1) is 0 Å². The second-order valence-corrected chi connectivity index (χ2v) is 10.2. The van der Waals surface area contributed by atoms with Gasteiger partial charge in [-0.3, -0.25) is 0 Å². The van der Waals surface area contributed by atoms with Crippen LogP contribution in [0.25, 0.3) is 0 Å². The molecule has 2 unspecified atom stereocenters. The van der Waals surface area contributed by atoms with Gasteiger partial charge < -0.3 is 30.2 Å². The number of benzene rings is 3. The maximum atomic E-state index is 13.4. The molecule has 0 aliphatic carbocycles. The molecule has 4 atom stereocenters. The molecule has 0 bridgehead atoms. The molecule has 0 aliphatic rings. The summed E-state index contributed by atoms with van der Waals surface area (Å²) in [5.74, 6) is -0.0378. The minimum atomic E-state index is -1.11. The Morgan fingerprint density at radius 1 is 0.878 bits per heavy atom. The van der Waals surface area contributed by atoms with Crippen molar-refractivity contribution < 1.29 is 24.2 Å². The summed E-state index contributed by atoms with van der Waals surface area (Å²) in [7, 11) is 0. The number of hydrogen-bond acceptors (Lipinski definition) is 5. The van der Waals surface area contributed by atoms with Crippen molar-refractivity contribution >= 4 is 18.4 Å². The molecule has 0 saturated heterocycles. The number of hydrogen-bond donors (Lipinski definition) is 3. The van der Waals surface area contributed by atoms with Gasteiger partial charge in [0.25, 0.3) is 0 Å². The average Bonchev–Trinajstić information content (AvgIpc) is 3.01. The van der Waals surface area contributed by atoms with Crippen LogP contribution in [0.3, 0.4) is 0 Å². The third kappa shape index (κ3) is 10.7. The highest BCUT2D eigenvalue weighted by atomic mass is 16.5. The molecule has 0 radical (unpaired) electrons. The standard InChI is InChI=1S/C33H41N3O5/c1-3-25(2)30(23-37)34-32(39)36(20-19-26-13-7-4-8-14-26)22-31(38)29(21-27-15-9-5-10-16-27)35-33(40)41-24-28-17-11-6-12-18-28/h4-18,23,25,29-31,38H,3,19-22,24H2,1-2H3,(H,34,39)(H,35,40)/t25-,29?,30+,31?/m0/s1. The molecule has 41 heavy (non-hydrogen) atoms. The first-order valence-corrected chi connectivity index (χ1v) is 14.1. The number of aliphatic hydroxyl groups is 1. The van der Waals surface area contributed by atoms with Crippen LogP contribution in [0.2, 0.25) is 0 Å². The number of aldehydes is 1. The summed E-state index contributed by atoms with van der Waals surface area (Å²) in [5.41, 5.74) is 2.80. The Balaban J connectivity index is 1.75. The van der Waals surface area contributed by atoms with Crippen LogP contribution in [0.4, 0.5) is 9.59 Å². The van der Waals surface area contributed by atoms with Gasteiger partial charge in [0.2, 0.25) is 0 Å². The van der Waals surface area contributed by atoms with Crippen LogP contribution in [0, 0.1) is 5.92 Å². The highest BCUT2D eigenvalue weighted by Gasteiger charge is 2.28. The third-order valence-corrected chi connectivity index (χ3v) is 7.18. The molecule has 3 N–H and O–H groups in total. The van der Waals surface area contributed by atoms with E-state index in [1.165, 1.54) is 4.90 Å². The molecule has 218 valence electrons. The minimum Gasteiger partial charge on any atom is -0.445 e. The molecule has 3 aromatic carbocycles. The Labute approximate surface area is 242 Å². The van der Waals surface area contributed by atoms with Gasteiger partial charge in [0.15, 0.2) is 0 Å². The fourth-order valence-corrected chi connectivity index (χ4v) is 4.40. The second kappa shape index (κ2) is 16.8. The summed E-state index contributed by atoms with van der Waals surface area (Å²) in [5, 5.41) is 17.0. The molecule has 0 spiro atoms. The van der Waals surface area contributed by atoms with Gasteiger partial charge in [0, 0.05) is 6.54 Å². The first-order chi connectivity index (χ1) is 19.9. The first-order valence-electron chi connectivity index (χ1n) is 14.1. The molecule has 8 heteroatoms. The Kier molecular flexibility index (Phi) is 12.9. The fraction of sp³-hybridized carbons (Fsp3) is 0.364. The minimum absolute atomic E-state index is 0.0378. The van der Waals surface area contributed by atoms with E-state index in [1.807, 2.05) is 105 Å². The number of amides is 3. The summed E-state index contributed by atoms with van der Waals surface area (Å²) in [6, 6.07) is 26.8. The number of nitrogens with one attached hydrogen (secondary N) is 2. The van der Waals surface area contributed by atoms with Crippen molar-refractivity contribution in [2.45, 2.75) is 57.9 Å². The van der Waals surface area contributed by atoms with Crippen molar-refractivity contribution in [3.63, 3.8) is 0 Å². The zero-order valence-corrected chi connectivity index (χ0v) is 23.8. The van der Waals surface area contributed by atoms with Gasteiger partial charge in [-0.05, 0) is 35.4 Å². The number of ether oxygens (including phenoxy) is 1. The van der Waals surface area contributed by atoms with E-state index < -0.39 is 30.3 Å². The zero-order chi connectivity index (χ0) is 29.5. The Morgan fingerprint density at radius 2 is 1.44 bits per heavy atom. The predicted octanol–water partition coefficient (Wildman–Crippen LogP) is 4.75. The highest BCUT2D eigenvalue weighted by molar-refractivity contribution is 5.78. The van der Waals surface area contributed by atoms with Crippen LogP contribution in [0.5, 0.6) is 0 Å². The lowest BCUT2D eigenvalue weighted by Gasteiger charge is -2.31. The van der Waals surface area contributed by atoms with Crippen molar-refractivity contribution in [2.24, 2.45) is 5.92 Å². The van der Waals surface area contributed by atoms with Crippen LogP contribution >= 0.6 is 0 Å². The van der Waals surface area contributed by atoms with Crippen LogP contribution in [-0.4, -0.2) is 59.7 Å². The van der Waals surface area contributed by atoms with E-state index in [4.69, 9.17) is 4.74 Å².